The normalized spacial score (nSPS) is 18.6. The first kappa shape index (κ1) is 19.8. The molecule has 0 spiro atoms. The second kappa shape index (κ2) is 9.31. The maximum absolute atomic E-state index is 14.3. The Morgan fingerprint density at radius 1 is 1.11 bits per heavy atom. The van der Waals surface area contributed by atoms with Gasteiger partial charge in [-0.15, -0.1) is 0 Å². The van der Waals surface area contributed by atoms with Gasteiger partial charge in [0.2, 0.25) is 0 Å². The Bertz CT molecular complexity index is 736. The van der Waals surface area contributed by atoms with Crippen molar-refractivity contribution in [3.05, 3.63) is 65.0 Å². The van der Waals surface area contributed by atoms with Crippen LogP contribution in [0.5, 0.6) is 5.75 Å². The van der Waals surface area contributed by atoms with Gasteiger partial charge in [0.1, 0.15) is 11.6 Å². The molecule has 1 atom stereocenters. The molecule has 1 aliphatic rings. The standard InChI is InChI=1S/C22H29FN2O2/c1-17-3-5-18(6-4-17)14-24-10-11-25(20(16-24)9-12-26)15-19-7-8-21(27-2)13-22(19)23/h3-8,13,20,26H,9-12,14-16H2,1-2H3/t20-/m1/s1. The summed E-state index contributed by atoms with van der Waals surface area (Å²) < 4.78 is 19.4. The van der Waals surface area contributed by atoms with Crippen LogP contribution in [0.3, 0.4) is 0 Å². The van der Waals surface area contributed by atoms with Gasteiger partial charge in [0.25, 0.3) is 0 Å². The molecule has 1 N–H and O–H groups in total. The van der Waals surface area contributed by atoms with E-state index in [-0.39, 0.29) is 18.5 Å². The highest BCUT2D eigenvalue weighted by atomic mass is 19.1. The molecule has 0 amide bonds. The summed E-state index contributed by atoms with van der Waals surface area (Å²) in [5.41, 5.74) is 3.24. The summed E-state index contributed by atoms with van der Waals surface area (Å²) >= 11 is 0. The Labute approximate surface area is 161 Å². The average Bonchev–Trinajstić information content (AvgIpc) is 2.67. The molecule has 0 unspecified atom stereocenters. The maximum Gasteiger partial charge on any atom is 0.131 e. The first-order chi connectivity index (χ1) is 13.1. The highest BCUT2D eigenvalue weighted by Crippen LogP contribution is 2.22. The molecule has 0 aromatic heterocycles. The number of halogens is 1. The topological polar surface area (TPSA) is 35.9 Å². The third-order valence-corrected chi connectivity index (χ3v) is 5.31. The third-order valence-electron chi connectivity index (χ3n) is 5.31. The molecular weight excluding hydrogens is 343 g/mol. The highest BCUT2D eigenvalue weighted by Gasteiger charge is 2.27. The van der Waals surface area contributed by atoms with Crippen molar-refractivity contribution in [2.24, 2.45) is 0 Å². The number of ether oxygens (including phenoxy) is 1. The molecule has 2 aromatic rings. The van der Waals surface area contributed by atoms with E-state index in [4.69, 9.17) is 4.74 Å². The van der Waals surface area contributed by atoms with Crippen molar-refractivity contribution in [3.63, 3.8) is 0 Å². The van der Waals surface area contributed by atoms with Crippen LogP contribution < -0.4 is 4.74 Å². The summed E-state index contributed by atoms with van der Waals surface area (Å²) in [6.07, 6.45) is 0.697. The van der Waals surface area contributed by atoms with E-state index in [1.165, 1.54) is 17.2 Å². The van der Waals surface area contributed by atoms with Crippen molar-refractivity contribution in [2.45, 2.75) is 32.5 Å². The number of aliphatic hydroxyl groups excluding tert-OH is 1. The van der Waals surface area contributed by atoms with Crippen LogP contribution in [0.4, 0.5) is 4.39 Å². The van der Waals surface area contributed by atoms with Crippen LogP contribution >= 0.6 is 0 Å². The van der Waals surface area contributed by atoms with Crippen molar-refractivity contribution in [2.75, 3.05) is 33.4 Å². The minimum atomic E-state index is -0.237. The summed E-state index contributed by atoms with van der Waals surface area (Å²) in [6, 6.07) is 13.9. The van der Waals surface area contributed by atoms with Crippen molar-refractivity contribution in [1.82, 2.24) is 9.80 Å². The Hall–Kier alpha value is -1.95. The van der Waals surface area contributed by atoms with E-state index in [0.29, 0.717) is 24.3 Å². The number of hydrogen-bond donors (Lipinski definition) is 1. The number of piperazine rings is 1. The van der Waals surface area contributed by atoms with Gasteiger partial charge in [-0.05, 0) is 25.0 Å². The first-order valence-electron chi connectivity index (χ1n) is 9.54. The van der Waals surface area contributed by atoms with Crippen molar-refractivity contribution in [3.8, 4) is 5.75 Å². The van der Waals surface area contributed by atoms with Crippen LogP contribution in [0.15, 0.2) is 42.5 Å². The van der Waals surface area contributed by atoms with Crippen LogP contribution in [-0.2, 0) is 13.1 Å². The van der Waals surface area contributed by atoms with E-state index in [1.807, 2.05) is 0 Å². The lowest BCUT2D eigenvalue weighted by Gasteiger charge is -2.41. The van der Waals surface area contributed by atoms with Gasteiger partial charge < -0.3 is 9.84 Å². The Morgan fingerprint density at radius 2 is 1.89 bits per heavy atom. The van der Waals surface area contributed by atoms with Gasteiger partial charge in [-0.1, -0.05) is 35.9 Å². The number of rotatable bonds is 7. The Morgan fingerprint density at radius 3 is 2.56 bits per heavy atom. The Kier molecular flexibility index (Phi) is 6.83. The third kappa shape index (κ3) is 5.28. The molecule has 27 heavy (non-hydrogen) atoms. The number of aliphatic hydroxyl groups is 1. The van der Waals surface area contributed by atoms with Gasteiger partial charge in [-0.3, -0.25) is 9.80 Å². The van der Waals surface area contributed by atoms with Gasteiger partial charge in [0, 0.05) is 57.0 Å². The minimum Gasteiger partial charge on any atom is -0.497 e. The van der Waals surface area contributed by atoms with Crippen molar-refractivity contribution < 1.29 is 14.2 Å². The lowest BCUT2D eigenvalue weighted by Crippen LogP contribution is -2.52. The van der Waals surface area contributed by atoms with Crippen molar-refractivity contribution >= 4 is 0 Å². The summed E-state index contributed by atoms with van der Waals surface area (Å²) in [5, 5.41) is 9.50. The monoisotopic (exact) mass is 372 g/mol. The number of methoxy groups -OCH3 is 1. The molecular formula is C22H29FN2O2. The average molecular weight is 372 g/mol. The van der Waals surface area contributed by atoms with Crippen molar-refractivity contribution in [1.29, 1.82) is 0 Å². The molecule has 0 saturated carbocycles. The Balaban J connectivity index is 1.64. The zero-order valence-corrected chi connectivity index (χ0v) is 16.2. The van der Waals surface area contributed by atoms with Crippen LogP contribution in [-0.4, -0.2) is 54.3 Å². The largest absolute Gasteiger partial charge is 0.497 e. The van der Waals surface area contributed by atoms with Gasteiger partial charge >= 0.3 is 0 Å². The second-order valence-corrected chi connectivity index (χ2v) is 7.31. The van der Waals surface area contributed by atoms with Crippen LogP contribution in [0.1, 0.15) is 23.1 Å². The molecule has 5 heteroatoms. The van der Waals surface area contributed by atoms with Gasteiger partial charge in [-0.25, -0.2) is 4.39 Å². The van der Waals surface area contributed by atoms with Gasteiger partial charge in [0.15, 0.2) is 0 Å². The molecule has 2 aromatic carbocycles. The smallest absolute Gasteiger partial charge is 0.131 e. The van der Waals surface area contributed by atoms with E-state index in [2.05, 4.69) is 41.0 Å². The van der Waals surface area contributed by atoms with Crippen LogP contribution in [0.25, 0.3) is 0 Å². The summed E-state index contributed by atoms with van der Waals surface area (Å²) in [5.74, 6) is 0.297. The summed E-state index contributed by atoms with van der Waals surface area (Å²) in [4.78, 5) is 4.71. The lowest BCUT2D eigenvalue weighted by molar-refractivity contribution is 0.0493. The number of hydrogen-bond acceptors (Lipinski definition) is 4. The van der Waals surface area contributed by atoms with E-state index in [9.17, 15) is 9.50 Å². The highest BCUT2D eigenvalue weighted by molar-refractivity contribution is 5.29. The predicted octanol–water partition coefficient (Wildman–Crippen LogP) is 3.21. The fourth-order valence-corrected chi connectivity index (χ4v) is 3.69. The molecule has 1 heterocycles. The summed E-state index contributed by atoms with van der Waals surface area (Å²) in [6.45, 7) is 6.39. The van der Waals surface area contributed by atoms with E-state index in [0.717, 1.165) is 26.2 Å². The SMILES string of the molecule is COc1ccc(CN2CCN(Cc3ccc(C)cc3)C[C@H]2CCO)c(F)c1. The fourth-order valence-electron chi connectivity index (χ4n) is 3.69. The first-order valence-corrected chi connectivity index (χ1v) is 9.54. The predicted molar refractivity (Wildman–Crippen MR) is 105 cm³/mol. The quantitative estimate of drug-likeness (QED) is 0.810. The zero-order chi connectivity index (χ0) is 19.2. The molecule has 146 valence electrons. The van der Waals surface area contributed by atoms with Gasteiger partial charge in [-0.2, -0.15) is 0 Å². The molecule has 1 saturated heterocycles. The maximum atomic E-state index is 14.3. The zero-order valence-electron chi connectivity index (χ0n) is 16.2. The molecule has 3 rings (SSSR count). The fraction of sp³-hybridized carbons (Fsp3) is 0.455. The molecule has 1 aliphatic heterocycles. The molecule has 4 nitrogen and oxygen atoms in total. The van der Waals surface area contributed by atoms with Crippen LogP contribution in [0.2, 0.25) is 0 Å². The molecule has 0 bridgehead atoms. The number of benzene rings is 2. The van der Waals surface area contributed by atoms with E-state index >= 15 is 0 Å². The van der Waals surface area contributed by atoms with Crippen LogP contribution in [0, 0.1) is 12.7 Å². The molecule has 0 radical (unpaired) electrons. The van der Waals surface area contributed by atoms with E-state index in [1.54, 1.807) is 19.2 Å². The number of aryl methyl sites for hydroxylation is 1. The van der Waals surface area contributed by atoms with E-state index < -0.39 is 0 Å². The molecule has 1 fully saturated rings. The second-order valence-electron chi connectivity index (χ2n) is 7.31. The minimum absolute atomic E-state index is 0.143. The molecule has 0 aliphatic carbocycles. The van der Waals surface area contributed by atoms with Gasteiger partial charge in [0.05, 0.1) is 7.11 Å². The number of nitrogens with zero attached hydrogens (tertiary/aromatic N) is 2. The lowest BCUT2D eigenvalue weighted by atomic mass is 10.1. The summed E-state index contributed by atoms with van der Waals surface area (Å²) in [7, 11) is 1.54.